The van der Waals surface area contributed by atoms with Gasteiger partial charge in [0, 0.05) is 0 Å². The summed E-state index contributed by atoms with van der Waals surface area (Å²) in [6.07, 6.45) is 9.04. The van der Waals surface area contributed by atoms with Crippen molar-refractivity contribution in [3.05, 3.63) is 75.9 Å². The second-order valence-electron chi connectivity index (χ2n) is 9.09. The Morgan fingerprint density at radius 1 is 0.741 bits per heavy atom. The van der Waals surface area contributed by atoms with Crippen LogP contribution in [-0.4, -0.2) is 0 Å². The van der Waals surface area contributed by atoms with Crippen molar-refractivity contribution in [1.82, 2.24) is 0 Å². The molecule has 27 heavy (non-hydrogen) atoms. The minimum absolute atomic E-state index is 0.532. The first kappa shape index (κ1) is 18.3. The maximum absolute atomic E-state index is 2.38. The highest BCUT2D eigenvalue weighted by atomic mass is 14.4. The van der Waals surface area contributed by atoms with Crippen molar-refractivity contribution in [3.63, 3.8) is 0 Å². The van der Waals surface area contributed by atoms with Crippen LogP contribution in [-0.2, 0) is 6.42 Å². The molecule has 0 heterocycles. The zero-order valence-electron chi connectivity index (χ0n) is 17.7. The maximum atomic E-state index is 2.38. The van der Waals surface area contributed by atoms with Crippen LogP contribution in [0.25, 0.3) is 16.7 Å². The fourth-order valence-corrected chi connectivity index (χ4v) is 5.28. The van der Waals surface area contributed by atoms with Gasteiger partial charge in [0.2, 0.25) is 0 Å². The monoisotopic (exact) mass is 356 g/mol. The Kier molecular flexibility index (Phi) is 4.62. The van der Waals surface area contributed by atoms with Crippen molar-refractivity contribution < 1.29 is 0 Å². The second kappa shape index (κ2) is 6.82. The normalized spacial score (nSPS) is 15.1. The number of fused-ring (bicyclic) bond motifs is 3. The lowest BCUT2D eigenvalue weighted by Crippen LogP contribution is -2.13. The number of benzene rings is 2. The summed E-state index contributed by atoms with van der Waals surface area (Å²) in [5, 5.41) is 0. The molecule has 0 fully saturated rings. The highest BCUT2D eigenvalue weighted by Gasteiger charge is 2.33. The summed E-state index contributed by atoms with van der Waals surface area (Å²) >= 11 is 0. The van der Waals surface area contributed by atoms with Gasteiger partial charge in [-0.15, -0.1) is 0 Å². The van der Waals surface area contributed by atoms with Gasteiger partial charge in [-0.25, -0.2) is 0 Å². The van der Waals surface area contributed by atoms with Gasteiger partial charge in [-0.2, -0.15) is 0 Å². The summed E-state index contributed by atoms with van der Waals surface area (Å²) in [6, 6.07) is 9.08. The van der Waals surface area contributed by atoms with E-state index in [2.05, 4.69) is 84.0 Å². The first-order valence-electron chi connectivity index (χ1n) is 10.6. The fraction of sp³-hybridized carbons (Fsp3) is 0.407. The van der Waals surface area contributed by atoms with Gasteiger partial charge in [0.25, 0.3) is 0 Å². The molecule has 0 radical (unpaired) electrons. The highest BCUT2D eigenvalue weighted by Crippen LogP contribution is 2.51. The van der Waals surface area contributed by atoms with E-state index in [0.717, 1.165) is 12.8 Å². The third-order valence-corrected chi connectivity index (χ3v) is 6.20. The van der Waals surface area contributed by atoms with Crippen molar-refractivity contribution in [2.45, 2.75) is 72.1 Å². The summed E-state index contributed by atoms with van der Waals surface area (Å²) in [5.41, 5.74) is 14.0. The minimum Gasteiger partial charge on any atom is -0.0801 e. The standard InChI is InChI=1S/C27H32/c1-16(2)23-24(17(3)4)26(19-11-7-8-12-19)22-15-20-13-9-10-14-21(20)27(22)25(23)18(5)6/h7-11,13-14,16-18H,12,15H2,1-6H3. The van der Waals surface area contributed by atoms with Crippen molar-refractivity contribution in [2.75, 3.05) is 0 Å². The van der Waals surface area contributed by atoms with E-state index in [-0.39, 0.29) is 0 Å². The van der Waals surface area contributed by atoms with Crippen molar-refractivity contribution in [2.24, 2.45) is 0 Å². The Bertz CT molecular complexity index is 948. The number of rotatable bonds is 4. The van der Waals surface area contributed by atoms with Crippen molar-refractivity contribution >= 4 is 5.57 Å². The molecule has 0 amide bonds. The average Bonchev–Trinajstić information content (AvgIpc) is 3.26. The van der Waals surface area contributed by atoms with Crippen LogP contribution in [0.15, 0.2) is 42.5 Å². The lowest BCUT2D eigenvalue weighted by molar-refractivity contribution is 0.745. The highest BCUT2D eigenvalue weighted by molar-refractivity contribution is 5.90. The molecule has 2 aliphatic carbocycles. The zero-order valence-corrected chi connectivity index (χ0v) is 17.7. The molecule has 0 nitrogen and oxygen atoms in total. The van der Waals surface area contributed by atoms with Crippen LogP contribution in [0.5, 0.6) is 0 Å². The van der Waals surface area contributed by atoms with Crippen LogP contribution in [0.4, 0.5) is 0 Å². The Morgan fingerprint density at radius 3 is 1.96 bits per heavy atom. The Labute approximate surface area is 165 Å². The third-order valence-electron chi connectivity index (χ3n) is 6.20. The molecule has 2 aromatic carbocycles. The molecule has 140 valence electrons. The molecular formula is C27H32. The molecule has 2 aromatic rings. The number of hydrogen-bond acceptors (Lipinski definition) is 0. The first-order valence-corrected chi connectivity index (χ1v) is 10.6. The Morgan fingerprint density at radius 2 is 1.37 bits per heavy atom. The van der Waals surface area contributed by atoms with E-state index in [0.29, 0.717) is 17.8 Å². The zero-order chi connectivity index (χ0) is 19.3. The van der Waals surface area contributed by atoms with Gasteiger partial charge in [0.05, 0.1) is 0 Å². The predicted octanol–water partition coefficient (Wildman–Crippen LogP) is 7.97. The van der Waals surface area contributed by atoms with Gasteiger partial charge in [0.1, 0.15) is 0 Å². The van der Waals surface area contributed by atoms with Gasteiger partial charge >= 0.3 is 0 Å². The van der Waals surface area contributed by atoms with E-state index >= 15 is 0 Å². The lowest BCUT2D eigenvalue weighted by atomic mass is 9.74. The van der Waals surface area contributed by atoms with Crippen LogP contribution >= 0.6 is 0 Å². The first-order chi connectivity index (χ1) is 12.9. The van der Waals surface area contributed by atoms with Gasteiger partial charge in [-0.1, -0.05) is 84.0 Å². The summed E-state index contributed by atoms with van der Waals surface area (Å²) in [7, 11) is 0. The van der Waals surface area contributed by atoms with E-state index in [1.54, 1.807) is 33.4 Å². The number of hydrogen-bond donors (Lipinski definition) is 0. The molecule has 0 atom stereocenters. The predicted molar refractivity (Wildman–Crippen MR) is 119 cm³/mol. The molecule has 0 heteroatoms. The minimum atomic E-state index is 0.532. The maximum Gasteiger partial charge on any atom is -0.000719 e. The average molecular weight is 357 g/mol. The number of allylic oxidation sites excluding steroid dienone is 4. The van der Waals surface area contributed by atoms with Crippen LogP contribution < -0.4 is 0 Å². The van der Waals surface area contributed by atoms with E-state index in [1.807, 2.05) is 0 Å². The molecule has 0 aliphatic heterocycles. The molecule has 0 aromatic heterocycles. The topological polar surface area (TPSA) is 0 Å². The van der Waals surface area contributed by atoms with Crippen LogP contribution in [0, 0.1) is 0 Å². The molecule has 0 bridgehead atoms. The Hall–Kier alpha value is -2.08. The largest absolute Gasteiger partial charge is 0.0801 e. The molecule has 0 saturated heterocycles. The lowest BCUT2D eigenvalue weighted by Gasteiger charge is -2.30. The van der Waals surface area contributed by atoms with Gasteiger partial charge in [-0.3, -0.25) is 0 Å². The molecule has 4 rings (SSSR count). The van der Waals surface area contributed by atoms with E-state index in [4.69, 9.17) is 0 Å². The third kappa shape index (κ3) is 2.81. The summed E-state index contributed by atoms with van der Waals surface area (Å²) < 4.78 is 0. The second-order valence-corrected chi connectivity index (χ2v) is 9.09. The van der Waals surface area contributed by atoms with Gasteiger partial charge in [0.15, 0.2) is 0 Å². The fourth-order valence-electron chi connectivity index (χ4n) is 5.28. The van der Waals surface area contributed by atoms with Crippen molar-refractivity contribution in [1.29, 1.82) is 0 Å². The van der Waals surface area contributed by atoms with Gasteiger partial charge < -0.3 is 0 Å². The van der Waals surface area contributed by atoms with Gasteiger partial charge in [-0.05, 0) is 80.7 Å². The smallest absolute Gasteiger partial charge is 0.000719 e. The quantitative estimate of drug-likeness (QED) is 0.444. The molecule has 0 unspecified atom stereocenters. The van der Waals surface area contributed by atoms with E-state index in [9.17, 15) is 0 Å². The van der Waals surface area contributed by atoms with E-state index < -0.39 is 0 Å². The van der Waals surface area contributed by atoms with E-state index in [1.165, 1.54) is 16.7 Å². The molecule has 0 saturated carbocycles. The van der Waals surface area contributed by atoms with Crippen LogP contribution in [0.1, 0.15) is 99.1 Å². The van der Waals surface area contributed by atoms with Crippen LogP contribution in [0.2, 0.25) is 0 Å². The van der Waals surface area contributed by atoms with Crippen molar-refractivity contribution in [3.8, 4) is 11.1 Å². The SMILES string of the molecule is CC(C)c1c(C2=CC=CC2)c2c(c(C(C)C)c1C(C)C)-c1ccccc1C2. The summed E-state index contributed by atoms with van der Waals surface area (Å²) in [6.45, 7) is 14.3. The molecule has 2 aliphatic rings. The molecule has 0 spiro atoms. The van der Waals surface area contributed by atoms with Crippen LogP contribution in [0.3, 0.4) is 0 Å². The molecule has 0 N–H and O–H groups in total. The Balaban J connectivity index is 2.17. The summed E-state index contributed by atoms with van der Waals surface area (Å²) in [5.74, 6) is 1.60. The molecular weight excluding hydrogens is 324 g/mol. The summed E-state index contributed by atoms with van der Waals surface area (Å²) in [4.78, 5) is 0.